The standard InChI is InChI=1S/C10H3Br4ClO4/c11-6(16)3-1-10(15,9(14)19)2-4(7(12)17)5(3)8(13)18/h1H,2H2. The van der Waals surface area contributed by atoms with Gasteiger partial charge in [0.2, 0.25) is 18.8 Å². The summed E-state index contributed by atoms with van der Waals surface area (Å²) in [5.74, 6) is 0. The van der Waals surface area contributed by atoms with Crippen molar-refractivity contribution in [3.05, 3.63) is 22.8 Å². The number of halogens is 5. The van der Waals surface area contributed by atoms with E-state index in [1.54, 1.807) is 0 Å². The van der Waals surface area contributed by atoms with Crippen molar-refractivity contribution in [1.82, 2.24) is 0 Å². The van der Waals surface area contributed by atoms with Crippen LogP contribution in [-0.2, 0) is 19.2 Å². The second-order valence-electron chi connectivity index (χ2n) is 3.55. The van der Waals surface area contributed by atoms with E-state index in [1.165, 1.54) is 0 Å². The average Bonchev–Trinajstić information content (AvgIpc) is 2.26. The van der Waals surface area contributed by atoms with Gasteiger partial charge >= 0.3 is 0 Å². The smallest absolute Gasteiger partial charge is 0.229 e. The molecule has 0 amide bonds. The molecule has 0 bridgehead atoms. The summed E-state index contributed by atoms with van der Waals surface area (Å²) in [4.78, 5) is 44.5. The summed E-state index contributed by atoms with van der Waals surface area (Å²) >= 11 is 16.9. The van der Waals surface area contributed by atoms with Crippen molar-refractivity contribution >= 4 is 94.1 Å². The molecule has 1 atom stereocenters. The zero-order valence-corrected chi connectivity index (χ0v) is 15.9. The monoisotopic (exact) mass is 538 g/mol. The highest BCUT2D eigenvalue weighted by Crippen LogP contribution is 2.41. The molecule has 0 fully saturated rings. The molecule has 0 aliphatic heterocycles. The Morgan fingerprint density at radius 3 is 1.84 bits per heavy atom. The predicted octanol–water partition coefficient (Wildman–Crippen LogP) is 3.28. The van der Waals surface area contributed by atoms with E-state index in [-0.39, 0.29) is 23.1 Å². The van der Waals surface area contributed by atoms with Crippen LogP contribution >= 0.6 is 75.3 Å². The molecule has 19 heavy (non-hydrogen) atoms. The Kier molecular flexibility index (Phi) is 5.89. The molecule has 1 aliphatic carbocycles. The van der Waals surface area contributed by atoms with E-state index >= 15 is 0 Å². The van der Waals surface area contributed by atoms with Gasteiger partial charge in [-0.25, -0.2) is 0 Å². The van der Waals surface area contributed by atoms with Gasteiger partial charge in [-0.15, -0.1) is 11.6 Å². The van der Waals surface area contributed by atoms with E-state index < -0.39 is 23.6 Å². The Labute approximate surface area is 146 Å². The van der Waals surface area contributed by atoms with Gasteiger partial charge in [-0.3, -0.25) is 19.2 Å². The van der Waals surface area contributed by atoms with Crippen molar-refractivity contribution in [2.24, 2.45) is 0 Å². The van der Waals surface area contributed by atoms with E-state index in [4.69, 9.17) is 11.6 Å². The van der Waals surface area contributed by atoms with E-state index in [1.807, 2.05) is 0 Å². The van der Waals surface area contributed by atoms with Crippen LogP contribution in [0.2, 0.25) is 0 Å². The Balaban J connectivity index is 3.60. The minimum Gasteiger partial charge on any atom is -0.284 e. The average molecular weight is 542 g/mol. The Morgan fingerprint density at radius 2 is 1.53 bits per heavy atom. The van der Waals surface area contributed by atoms with Gasteiger partial charge < -0.3 is 0 Å². The number of alkyl halides is 1. The lowest BCUT2D eigenvalue weighted by Crippen LogP contribution is -2.33. The first-order chi connectivity index (χ1) is 8.60. The topological polar surface area (TPSA) is 68.3 Å². The molecule has 0 heterocycles. The maximum Gasteiger partial charge on any atom is 0.229 e. The summed E-state index contributed by atoms with van der Waals surface area (Å²) < 4.78 is -2.52. The first-order valence-electron chi connectivity index (χ1n) is 4.55. The fourth-order valence-corrected chi connectivity index (χ4v) is 3.14. The van der Waals surface area contributed by atoms with Crippen LogP contribution in [-0.4, -0.2) is 23.6 Å². The fraction of sp³-hybridized carbons (Fsp3) is 0.200. The van der Waals surface area contributed by atoms with E-state index in [0.29, 0.717) is 0 Å². The normalized spacial score (nSPS) is 22.9. The van der Waals surface area contributed by atoms with Crippen molar-refractivity contribution < 1.29 is 19.2 Å². The van der Waals surface area contributed by atoms with Gasteiger partial charge in [-0.05, 0) is 69.8 Å². The van der Waals surface area contributed by atoms with Crippen molar-refractivity contribution in [1.29, 1.82) is 0 Å². The molecule has 1 rings (SSSR count). The maximum absolute atomic E-state index is 11.5. The summed E-state index contributed by atoms with van der Waals surface area (Å²) in [5.41, 5.74) is -0.303. The summed E-state index contributed by atoms with van der Waals surface area (Å²) in [6, 6.07) is 0. The summed E-state index contributed by atoms with van der Waals surface area (Å²) in [5, 5.41) is 0. The first kappa shape index (κ1) is 17.4. The summed E-state index contributed by atoms with van der Waals surface area (Å²) in [7, 11) is 0. The molecule has 4 nitrogen and oxygen atoms in total. The van der Waals surface area contributed by atoms with Crippen LogP contribution in [0.15, 0.2) is 22.8 Å². The second-order valence-corrected chi connectivity index (χ2v) is 7.10. The molecule has 0 radical (unpaired) electrons. The third kappa shape index (κ3) is 3.72. The van der Waals surface area contributed by atoms with Gasteiger partial charge in [0.1, 0.15) is 4.87 Å². The van der Waals surface area contributed by atoms with Gasteiger partial charge in [0.15, 0.2) is 0 Å². The molecule has 0 spiro atoms. The highest BCUT2D eigenvalue weighted by Gasteiger charge is 2.42. The highest BCUT2D eigenvalue weighted by atomic mass is 79.9. The SMILES string of the molecule is O=C(Br)C1=CC(Cl)(C(=O)Br)CC(C(=O)Br)=C1C(=O)Br. The molecule has 0 aromatic carbocycles. The Morgan fingerprint density at radius 1 is 1.00 bits per heavy atom. The quantitative estimate of drug-likeness (QED) is 0.404. The molecule has 0 saturated carbocycles. The van der Waals surface area contributed by atoms with Crippen molar-refractivity contribution in [2.45, 2.75) is 11.3 Å². The van der Waals surface area contributed by atoms with Crippen molar-refractivity contribution in [2.75, 3.05) is 0 Å². The second kappa shape index (κ2) is 6.43. The van der Waals surface area contributed by atoms with Gasteiger partial charge in [0.05, 0.1) is 0 Å². The van der Waals surface area contributed by atoms with Crippen LogP contribution in [0.5, 0.6) is 0 Å². The third-order valence-electron chi connectivity index (χ3n) is 2.35. The van der Waals surface area contributed by atoms with E-state index in [0.717, 1.165) is 6.08 Å². The minimum absolute atomic E-state index is 0.0463. The van der Waals surface area contributed by atoms with E-state index in [2.05, 4.69) is 63.7 Å². The number of rotatable bonds is 4. The number of carbonyl (C=O) groups excluding carboxylic acids is 4. The highest BCUT2D eigenvalue weighted by molar-refractivity contribution is 9.19. The largest absolute Gasteiger partial charge is 0.284 e. The lowest BCUT2D eigenvalue weighted by atomic mass is 9.86. The molecule has 9 heteroatoms. The maximum atomic E-state index is 11.5. The Hall–Kier alpha value is 0.370. The third-order valence-corrected chi connectivity index (χ3v) is 5.00. The van der Waals surface area contributed by atoms with Crippen LogP contribution in [0.25, 0.3) is 0 Å². The van der Waals surface area contributed by atoms with Gasteiger partial charge in [0, 0.05) is 23.1 Å². The molecule has 0 aromatic heterocycles. The molecular weight excluding hydrogens is 539 g/mol. The van der Waals surface area contributed by atoms with Crippen molar-refractivity contribution in [3.8, 4) is 0 Å². The summed E-state index contributed by atoms with van der Waals surface area (Å²) in [6.07, 6.45) is 0.940. The van der Waals surface area contributed by atoms with Crippen LogP contribution in [0.3, 0.4) is 0 Å². The lowest BCUT2D eigenvalue weighted by Gasteiger charge is -2.27. The Bertz CT molecular complexity index is 566. The molecular formula is C10H3Br4ClO4. The van der Waals surface area contributed by atoms with E-state index in [9.17, 15) is 19.2 Å². The predicted molar refractivity (Wildman–Crippen MR) is 84.0 cm³/mol. The first-order valence-corrected chi connectivity index (χ1v) is 8.10. The molecule has 0 aromatic rings. The number of allylic oxidation sites excluding steroid dienone is 4. The van der Waals surface area contributed by atoms with Crippen LogP contribution in [0, 0.1) is 0 Å². The molecule has 1 unspecified atom stereocenters. The zero-order valence-electron chi connectivity index (χ0n) is 8.81. The fourth-order valence-electron chi connectivity index (χ4n) is 1.53. The van der Waals surface area contributed by atoms with Gasteiger partial charge in [-0.1, -0.05) is 0 Å². The molecule has 102 valence electrons. The lowest BCUT2D eigenvalue weighted by molar-refractivity contribution is -0.112. The number of carbonyl (C=O) groups is 4. The minimum atomic E-state index is -1.59. The van der Waals surface area contributed by atoms with Crippen molar-refractivity contribution in [3.63, 3.8) is 0 Å². The summed E-state index contributed by atoms with van der Waals surface area (Å²) in [6.45, 7) is 0. The van der Waals surface area contributed by atoms with Gasteiger partial charge in [-0.2, -0.15) is 0 Å². The van der Waals surface area contributed by atoms with Crippen LogP contribution in [0.4, 0.5) is 0 Å². The molecule has 1 aliphatic rings. The van der Waals surface area contributed by atoms with Gasteiger partial charge in [0.25, 0.3) is 0 Å². The number of hydrogen-bond acceptors (Lipinski definition) is 4. The number of hydrogen-bond donors (Lipinski definition) is 0. The van der Waals surface area contributed by atoms with Crippen LogP contribution in [0.1, 0.15) is 6.42 Å². The van der Waals surface area contributed by atoms with Crippen LogP contribution < -0.4 is 0 Å². The molecule has 0 saturated heterocycles. The molecule has 0 N–H and O–H groups in total. The zero-order chi connectivity index (χ0) is 15.0.